The van der Waals surface area contributed by atoms with Gasteiger partial charge in [0.1, 0.15) is 19.0 Å². The molecule has 0 aliphatic heterocycles. The molecule has 0 amide bonds. The Labute approximate surface area is 159 Å². The lowest BCUT2D eigenvalue weighted by Gasteiger charge is -2.07. The number of pyridine rings is 1. The lowest BCUT2D eigenvalue weighted by molar-refractivity contribution is 0.130. The molecule has 0 bridgehead atoms. The lowest BCUT2D eigenvalue weighted by Crippen LogP contribution is -2.13. The van der Waals surface area contributed by atoms with E-state index >= 15 is 0 Å². The van der Waals surface area contributed by atoms with Gasteiger partial charge in [-0.3, -0.25) is 4.98 Å². The lowest BCUT2D eigenvalue weighted by atomic mass is 10.1. The molecular formula is C22H23N3O2. The molecular weight excluding hydrogens is 338 g/mol. The maximum Gasteiger partial charge on any atom is 0.170 e. The Morgan fingerprint density at radius 2 is 1.70 bits per heavy atom. The maximum absolute atomic E-state index is 6.01. The van der Waals surface area contributed by atoms with Crippen LogP contribution in [0.25, 0.3) is 0 Å². The average molecular weight is 361 g/mol. The molecule has 0 radical (unpaired) electrons. The molecule has 0 aliphatic carbocycles. The normalized spacial score (nSPS) is 11.3. The van der Waals surface area contributed by atoms with E-state index in [1.165, 1.54) is 11.1 Å². The van der Waals surface area contributed by atoms with E-state index in [2.05, 4.69) is 42.2 Å². The van der Waals surface area contributed by atoms with Crippen molar-refractivity contribution in [2.45, 2.75) is 27.1 Å². The SMILES string of the molecule is Cc1cc(C)cc(CON=C(N)c2ccc(OCc3cccnc3)cc2)c1. The van der Waals surface area contributed by atoms with Crippen LogP contribution in [0.4, 0.5) is 0 Å². The van der Waals surface area contributed by atoms with Gasteiger partial charge in [-0.15, -0.1) is 0 Å². The number of nitrogens with two attached hydrogens (primary N) is 1. The highest BCUT2D eigenvalue weighted by Crippen LogP contribution is 2.14. The Morgan fingerprint density at radius 1 is 0.963 bits per heavy atom. The molecule has 0 fully saturated rings. The van der Waals surface area contributed by atoms with E-state index in [9.17, 15) is 0 Å². The van der Waals surface area contributed by atoms with Crippen molar-refractivity contribution in [3.05, 3.63) is 94.8 Å². The third-order valence-electron chi connectivity index (χ3n) is 3.95. The summed E-state index contributed by atoms with van der Waals surface area (Å²) in [5, 5.41) is 4.02. The number of aromatic nitrogens is 1. The van der Waals surface area contributed by atoms with Crippen LogP contribution >= 0.6 is 0 Å². The number of benzene rings is 2. The molecule has 0 unspecified atom stereocenters. The van der Waals surface area contributed by atoms with Gasteiger partial charge in [-0.2, -0.15) is 0 Å². The van der Waals surface area contributed by atoms with Crippen molar-refractivity contribution in [2.24, 2.45) is 10.9 Å². The number of amidine groups is 1. The van der Waals surface area contributed by atoms with Crippen molar-refractivity contribution in [1.82, 2.24) is 4.98 Å². The van der Waals surface area contributed by atoms with Crippen LogP contribution < -0.4 is 10.5 Å². The first-order chi connectivity index (χ1) is 13.1. The van der Waals surface area contributed by atoms with Gasteiger partial charge >= 0.3 is 0 Å². The molecule has 1 aromatic heterocycles. The Balaban J connectivity index is 1.54. The zero-order valence-electron chi connectivity index (χ0n) is 15.6. The first kappa shape index (κ1) is 18.5. The molecule has 2 N–H and O–H groups in total. The molecule has 27 heavy (non-hydrogen) atoms. The van der Waals surface area contributed by atoms with Crippen LogP contribution in [0.5, 0.6) is 5.75 Å². The van der Waals surface area contributed by atoms with Gasteiger partial charge in [0.2, 0.25) is 0 Å². The number of oxime groups is 1. The van der Waals surface area contributed by atoms with Crippen LogP contribution in [0.1, 0.15) is 27.8 Å². The zero-order chi connectivity index (χ0) is 19.1. The molecule has 0 saturated heterocycles. The highest BCUT2D eigenvalue weighted by atomic mass is 16.6. The summed E-state index contributed by atoms with van der Waals surface area (Å²) >= 11 is 0. The number of hydrogen-bond donors (Lipinski definition) is 1. The van der Waals surface area contributed by atoms with Crippen molar-refractivity contribution in [3.63, 3.8) is 0 Å². The Bertz CT molecular complexity index is 886. The van der Waals surface area contributed by atoms with Gasteiger partial charge in [-0.1, -0.05) is 40.5 Å². The van der Waals surface area contributed by atoms with Gasteiger partial charge in [-0.25, -0.2) is 0 Å². The molecule has 0 aliphatic rings. The summed E-state index contributed by atoms with van der Waals surface area (Å²) in [6, 6.07) is 17.6. The minimum atomic E-state index is 0.332. The second-order valence-corrected chi connectivity index (χ2v) is 6.42. The molecule has 5 heteroatoms. The summed E-state index contributed by atoms with van der Waals surface area (Å²) in [5.74, 6) is 1.09. The molecule has 3 rings (SSSR count). The summed E-state index contributed by atoms with van der Waals surface area (Å²) in [7, 11) is 0. The molecule has 3 aromatic rings. The van der Waals surface area contributed by atoms with Crippen LogP contribution in [0.3, 0.4) is 0 Å². The summed E-state index contributed by atoms with van der Waals surface area (Å²) in [6.07, 6.45) is 3.52. The van der Waals surface area contributed by atoms with Gasteiger partial charge in [0, 0.05) is 23.5 Å². The molecule has 0 spiro atoms. The topological polar surface area (TPSA) is 69.7 Å². The van der Waals surface area contributed by atoms with Crippen molar-refractivity contribution in [2.75, 3.05) is 0 Å². The zero-order valence-corrected chi connectivity index (χ0v) is 15.6. The van der Waals surface area contributed by atoms with Crippen molar-refractivity contribution < 1.29 is 9.57 Å². The fraction of sp³-hybridized carbons (Fsp3) is 0.182. The fourth-order valence-corrected chi connectivity index (χ4v) is 2.75. The highest BCUT2D eigenvalue weighted by molar-refractivity contribution is 5.97. The second kappa shape index (κ2) is 8.85. The maximum atomic E-state index is 6.01. The largest absolute Gasteiger partial charge is 0.489 e. The van der Waals surface area contributed by atoms with Gasteiger partial charge in [0.25, 0.3) is 0 Å². The smallest absolute Gasteiger partial charge is 0.170 e. The molecule has 1 heterocycles. The predicted octanol–water partition coefficient (Wildman–Crippen LogP) is 4.11. The van der Waals surface area contributed by atoms with Gasteiger partial charge in [0.15, 0.2) is 5.84 Å². The third-order valence-corrected chi connectivity index (χ3v) is 3.95. The summed E-state index contributed by atoms with van der Waals surface area (Å²) in [5.41, 5.74) is 11.3. The number of rotatable bonds is 7. The van der Waals surface area contributed by atoms with Crippen LogP contribution in [0, 0.1) is 13.8 Å². The van der Waals surface area contributed by atoms with Crippen LogP contribution in [0.2, 0.25) is 0 Å². The van der Waals surface area contributed by atoms with E-state index in [0.29, 0.717) is 19.0 Å². The average Bonchev–Trinajstić information content (AvgIpc) is 2.67. The van der Waals surface area contributed by atoms with Crippen molar-refractivity contribution in [1.29, 1.82) is 0 Å². The number of hydrogen-bond acceptors (Lipinski definition) is 4. The van der Waals surface area contributed by atoms with E-state index in [-0.39, 0.29) is 0 Å². The summed E-state index contributed by atoms with van der Waals surface area (Å²) in [4.78, 5) is 9.47. The van der Waals surface area contributed by atoms with Crippen LogP contribution in [-0.2, 0) is 18.1 Å². The van der Waals surface area contributed by atoms with Gasteiger partial charge < -0.3 is 15.3 Å². The van der Waals surface area contributed by atoms with Crippen molar-refractivity contribution in [3.8, 4) is 5.75 Å². The van der Waals surface area contributed by atoms with E-state index < -0.39 is 0 Å². The predicted molar refractivity (Wildman–Crippen MR) is 106 cm³/mol. The Hall–Kier alpha value is -3.34. The monoisotopic (exact) mass is 361 g/mol. The molecule has 0 saturated carbocycles. The van der Waals surface area contributed by atoms with E-state index in [4.69, 9.17) is 15.3 Å². The van der Waals surface area contributed by atoms with Crippen molar-refractivity contribution >= 4 is 5.84 Å². The molecule has 2 aromatic carbocycles. The number of aryl methyl sites for hydroxylation is 2. The highest BCUT2D eigenvalue weighted by Gasteiger charge is 2.02. The fourth-order valence-electron chi connectivity index (χ4n) is 2.75. The number of nitrogens with zero attached hydrogens (tertiary/aromatic N) is 2. The Morgan fingerprint density at radius 3 is 2.37 bits per heavy atom. The van der Waals surface area contributed by atoms with E-state index in [0.717, 1.165) is 22.4 Å². The van der Waals surface area contributed by atoms with E-state index in [1.54, 1.807) is 12.4 Å². The van der Waals surface area contributed by atoms with Crippen LogP contribution in [0.15, 0.2) is 72.1 Å². The first-order valence-corrected chi connectivity index (χ1v) is 8.75. The number of ether oxygens (including phenoxy) is 1. The quantitative estimate of drug-likeness (QED) is 0.390. The van der Waals surface area contributed by atoms with Gasteiger partial charge in [-0.05, 0) is 49.7 Å². The minimum Gasteiger partial charge on any atom is -0.489 e. The molecule has 0 atom stereocenters. The van der Waals surface area contributed by atoms with Gasteiger partial charge in [0.05, 0.1) is 0 Å². The minimum absolute atomic E-state index is 0.332. The third kappa shape index (κ3) is 5.57. The second-order valence-electron chi connectivity index (χ2n) is 6.42. The molecule has 5 nitrogen and oxygen atoms in total. The standard InChI is InChI=1S/C22H23N3O2/c1-16-10-17(2)12-19(11-16)15-27-25-22(23)20-5-7-21(8-6-20)26-14-18-4-3-9-24-13-18/h3-13H,14-15H2,1-2H3,(H2,23,25). The van der Waals surface area contributed by atoms with E-state index in [1.807, 2.05) is 36.4 Å². The summed E-state index contributed by atoms with van der Waals surface area (Å²) in [6.45, 7) is 4.98. The van der Waals surface area contributed by atoms with Crippen LogP contribution in [-0.4, -0.2) is 10.8 Å². The Kier molecular flexibility index (Phi) is 6.05. The molecule has 138 valence electrons. The summed E-state index contributed by atoms with van der Waals surface area (Å²) < 4.78 is 5.74. The first-order valence-electron chi connectivity index (χ1n) is 8.75.